The van der Waals surface area contributed by atoms with Crippen LogP contribution in [-0.2, 0) is 11.3 Å². The molecular weight excluding hydrogens is 326 g/mol. The van der Waals surface area contributed by atoms with Crippen molar-refractivity contribution in [3.8, 4) is 11.4 Å². The summed E-state index contributed by atoms with van der Waals surface area (Å²) in [4.78, 5) is 6.90. The zero-order valence-electron chi connectivity index (χ0n) is 15.1. The molecule has 1 aliphatic rings. The standard InChI is InChI=1S/C21H23N3O2/c1-15-7-6-10-18(11-15)21-22-20(26-23-21)14-24-12-16(2)25-19(13-24)17-8-4-3-5-9-17/h3-11,16,19H,12-14H2,1-2H3. The van der Waals surface area contributed by atoms with Crippen molar-refractivity contribution in [1.29, 1.82) is 0 Å². The molecule has 2 aromatic carbocycles. The minimum atomic E-state index is 0.0686. The van der Waals surface area contributed by atoms with Gasteiger partial charge in [0.1, 0.15) is 0 Å². The molecule has 2 heterocycles. The van der Waals surface area contributed by atoms with Crippen molar-refractivity contribution in [2.45, 2.75) is 32.6 Å². The highest BCUT2D eigenvalue weighted by Crippen LogP contribution is 2.26. The van der Waals surface area contributed by atoms with E-state index in [4.69, 9.17) is 9.26 Å². The third-order valence-corrected chi connectivity index (χ3v) is 4.61. The van der Waals surface area contributed by atoms with E-state index in [1.165, 1.54) is 11.1 Å². The van der Waals surface area contributed by atoms with Gasteiger partial charge in [-0.05, 0) is 25.5 Å². The van der Waals surface area contributed by atoms with Crippen molar-refractivity contribution in [3.63, 3.8) is 0 Å². The Bertz CT molecular complexity index is 862. The Morgan fingerprint density at radius 2 is 1.92 bits per heavy atom. The van der Waals surface area contributed by atoms with Crippen LogP contribution in [0.3, 0.4) is 0 Å². The second kappa shape index (κ2) is 7.40. The van der Waals surface area contributed by atoms with E-state index in [1.54, 1.807) is 0 Å². The summed E-state index contributed by atoms with van der Waals surface area (Å²) in [7, 11) is 0. The third-order valence-electron chi connectivity index (χ3n) is 4.61. The molecule has 1 aromatic heterocycles. The van der Waals surface area contributed by atoms with Crippen LogP contribution in [0.2, 0.25) is 0 Å². The van der Waals surface area contributed by atoms with Crippen molar-refractivity contribution in [1.82, 2.24) is 15.0 Å². The van der Waals surface area contributed by atoms with Crippen LogP contribution in [-0.4, -0.2) is 34.2 Å². The lowest BCUT2D eigenvalue weighted by Gasteiger charge is -2.36. The fourth-order valence-corrected chi connectivity index (χ4v) is 3.43. The maximum absolute atomic E-state index is 6.12. The molecule has 1 aliphatic heterocycles. The molecule has 134 valence electrons. The molecule has 0 bridgehead atoms. The molecule has 5 nitrogen and oxygen atoms in total. The van der Waals surface area contributed by atoms with Gasteiger partial charge in [-0.1, -0.05) is 59.3 Å². The SMILES string of the molecule is Cc1cccc(-c2noc(CN3CC(C)OC(c4ccccc4)C3)n2)c1. The summed E-state index contributed by atoms with van der Waals surface area (Å²) in [6.07, 6.45) is 0.229. The zero-order valence-corrected chi connectivity index (χ0v) is 15.1. The van der Waals surface area contributed by atoms with Gasteiger partial charge < -0.3 is 9.26 Å². The number of hydrogen-bond donors (Lipinski definition) is 0. The highest BCUT2D eigenvalue weighted by molar-refractivity contribution is 5.55. The monoisotopic (exact) mass is 349 g/mol. The second-order valence-electron chi connectivity index (χ2n) is 6.92. The van der Waals surface area contributed by atoms with Gasteiger partial charge in [0, 0.05) is 18.7 Å². The molecule has 0 spiro atoms. The highest BCUT2D eigenvalue weighted by Gasteiger charge is 2.27. The molecule has 0 saturated carbocycles. The summed E-state index contributed by atoms with van der Waals surface area (Å²) in [6, 6.07) is 18.5. The Balaban J connectivity index is 1.47. The minimum absolute atomic E-state index is 0.0686. The summed E-state index contributed by atoms with van der Waals surface area (Å²) >= 11 is 0. The molecule has 1 fully saturated rings. The van der Waals surface area contributed by atoms with E-state index in [0.717, 1.165) is 18.7 Å². The van der Waals surface area contributed by atoms with Crippen LogP contribution in [0.15, 0.2) is 59.1 Å². The van der Waals surface area contributed by atoms with E-state index in [1.807, 2.05) is 18.2 Å². The lowest BCUT2D eigenvalue weighted by Crippen LogP contribution is -2.42. The minimum Gasteiger partial charge on any atom is -0.368 e. The van der Waals surface area contributed by atoms with Gasteiger partial charge in [0.15, 0.2) is 0 Å². The van der Waals surface area contributed by atoms with Gasteiger partial charge in [0.25, 0.3) is 0 Å². The van der Waals surface area contributed by atoms with Crippen LogP contribution in [0.4, 0.5) is 0 Å². The fourth-order valence-electron chi connectivity index (χ4n) is 3.43. The number of hydrogen-bond acceptors (Lipinski definition) is 5. The summed E-state index contributed by atoms with van der Waals surface area (Å²) in [6.45, 7) is 6.47. The van der Waals surface area contributed by atoms with E-state index in [9.17, 15) is 0 Å². The average Bonchev–Trinajstić information content (AvgIpc) is 3.10. The maximum Gasteiger partial charge on any atom is 0.241 e. The fraction of sp³-hybridized carbons (Fsp3) is 0.333. The number of aryl methyl sites for hydroxylation is 1. The van der Waals surface area contributed by atoms with Crippen LogP contribution in [0, 0.1) is 6.92 Å². The Morgan fingerprint density at radius 3 is 2.73 bits per heavy atom. The van der Waals surface area contributed by atoms with Crippen molar-refractivity contribution < 1.29 is 9.26 Å². The predicted octanol–water partition coefficient (Wildman–Crippen LogP) is 4.01. The van der Waals surface area contributed by atoms with Crippen LogP contribution >= 0.6 is 0 Å². The van der Waals surface area contributed by atoms with Crippen LogP contribution in [0.1, 0.15) is 30.0 Å². The van der Waals surface area contributed by atoms with Gasteiger partial charge in [-0.2, -0.15) is 4.98 Å². The largest absolute Gasteiger partial charge is 0.368 e. The first-order valence-corrected chi connectivity index (χ1v) is 9.00. The zero-order chi connectivity index (χ0) is 17.9. The number of aromatic nitrogens is 2. The van der Waals surface area contributed by atoms with Crippen LogP contribution < -0.4 is 0 Å². The van der Waals surface area contributed by atoms with E-state index in [2.05, 4.69) is 65.3 Å². The van der Waals surface area contributed by atoms with E-state index < -0.39 is 0 Å². The molecule has 5 heteroatoms. The number of rotatable bonds is 4. The Kier molecular flexibility index (Phi) is 4.82. The molecule has 1 saturated heterocycles. The first-order valence-electron chi connectivity index (χ1n) is 9.00. The van der Waals surface area contributed by atoms with Crippen LogP contribution in [0.25, 0.3) is 11.4 Å². The molecule has 0 N–H and O–H groups in total. The number of benzene rings is 2. The van der Waals surface area contributed by atoms with Gasteiger partial charge in [-0.25, -0.2) is 0 Å². The van der Waals surface area contributed by atoms with Crippen molar-refractivity contribution in [3.05, 3.63) is 71.6 Å². The lowest BCUT2D eigenvalue weighted by molar-refractivity contribution is -0.0832. The number of ether oxygens (including phenoxy) is 1. The van der Waals surface area contributed by atoms with E-state index >= 15 is 0 Å². The lowest BCUT2D eigenvalue weighted by atomic mass is 10.1. The molecule has 26 heavy (non-hydrogen) atoms. The van der Waals surface area contributed by atoms with E-state index in [0.29, 0.717) is 18.3 Å². The second-order valence-corrected chi connectivity index (χ2v) is 6.92. The average molecular weight is 349 g/mol. The van der Waals surface area contributed by atoms with Gasteiger partial charge in [-0.15, -0.1) is 0 Å². The summed E-state index contributed by atoms with van der Waals surface area (Å²) < 4.78 is 11.6. The highest BCUT2D eigenvalue weighted by atomic mass is 16.5. The Hall–Kier alpha value is -2.50. The van der Waals surface area contributed by atoms with Crippen molar-refractivity contribution >= 4 is 0 Å². The molecule has 4 rings (SSSR count). The first-order chi connectivity index (χ1) is 12.7. The number of nitrogens with zero attached hydrogens (tertiary/aromatic N) is 3. The topological polar surface area (TPSA) is 51.4 Å². The molecule has 0 amide bonds. The number of morpholine rings is 1. The van der Waals surface area contributed by atoms with Crippen molar-refractivity contribution in [2.24, 2.45) is 0 Å². The molecule has 0 radical (unpaired) electrons. The Labute approximate surface area is 153 Å². The van der Waals surface area contributed by atoms with Gasteiger partial charge >= 0.3 is 0 Å². The quantitative estimate of drug-likeness (QED) is 0.712. The molecular formula is C21H23N3O2. The maximum atomic E-state index is 6.12. The normalized spacial score (nSPS) is 21.0. The molecule has 2 unspecified atom stereocenters. The van der Waals surface area contributed by atoms with Crippen LogP contribution in [0.5, 0.6) is 0 Å². The summed E-state index contributed by atoms with van der Waals surface area (Å²) in [5.74, 6) is 1.28. The Morgan fingerprint density at radius 1 is 1.08 bits per heavy atom. The molecule has 2 atom stereocenters. The first kappa shape index (κ1) is 16.9. The molecule has 3 aromatic rings. The van der Waals surface area contributed by atoms with Crippen molar-refractivity contribution in [2.75, 3.05) is 13.1 Å². The van der Waals surface area contributed by atoms with Gasteiger partial charge in [0.2, 0.25) is 11.7 Å². The summed E-state index contributed by atoms with van der Waals surface area (Å²) in [5, 5.41) is 4.15. The van der Waals surface area contributed by atoms with E-state index in [-0.39, 0.29) is 12.2 Å². The van der Waals surface area contributed by atoms with Gasteiger partial charge in [-0.3, -0.25) is 4.90 Å². The summed E-state index contributed by atoms with van der Waals surface area (Å²) in [5.41, 5.74) is 3.37. The predicted molar refractivity (Wildman–Crippen MR) is 99.5 cm³/mol. The smallest absolute Gasteiger partial charge is 0.241 e. The van der Waals surface area contributed by atoms with Gasteiger partial charge in [0.05, 0.1) is 18.8 Å². The third kappa shape index (κ3) is 3.84. The molecule has 0 aliphatic carbocycles.